The van der Waals surface area contributed by atoms with Crippen LogP contribution in [0.2, 0.25) is 6.55 Å². The molecule has 1 aromatic carbocycles. The second-order valence-electron chi connectivity index (χ2n) is 5.18. The van der Waals surface area contributed by atoms with Crippen molar-refractivity contribution < 1.29 is 19.3 Å². The van der Waals surface area contributed by atoms with Crippen molar-refractivity contribution >= 4 is 19.2 Å². The second-order valence-corrected chi connectivity index (χ2v) is 9.14. The Morgan fingerprint density at radius 2 is 1.86 bits per heavy atom. The Bertz CT molecular complexity index is 502. The lowest BCUT2D eigenvalue weighted by atomic mass is 10.2. The summed E-state index contributed by atoms with van der Waals surface area (Å²) in [5, 5.41) is 1.13. The first kappa shape index (κ1) is 18.4. The molecule has 1 aromatic rings. The normalized spacial score (nSPS) is 12.5. The summed E-state index contributed by atoms with van der Waals surface area (Å²) in [4.78, 5) is 21.3. The fourth-order valence-corrected chi connectivity index (χ4v) is 3.20. The molecule has 0 heterocycles. The molecule has 119 valence electrons. The van der Waals surface area contributed by atoms with Gasteiger partial charge in [-0.2, -0.15) is 4.89 Å². The zero-order valence-corrected chi connectivity index (χ0v) is 14.4. The van der Waals surface area contributed by atoms with Crippen LogP contribution in [0.15, 0.2) is 48.8 Å². The van der Waals surface area contributed by atoms with Gasteiger partial charge in [-0.3, -0.25) is 4.89 Å². The van der Waals surface area contributed by atoms with Crippen LogP contribution in [0.3, 0.4) is 0 Å². The molecule has 0 spiro atoms. The van der Waals surface area contributed by atoms with Crippen molar-refractivity contribution in [3.63, 3.8) is 0 Å². The van der Waals surface area contributed by atoms with E-state index in [1.807, 2.05) is 30.5 Å². The van der Waals surface area contributed by atoms with Gasteiger partial charge in [0.15, 0.2) is 0 Å². The Balaban J connectivity index is 2.57. The highest BCUT2D eigenvalue weighted by Crippen LogP contribution is 2.09. The number of hydrogen-bond donors (Lipinski definition) is 0. The molecule has 0 saturated heterocycles. The molecule has 0 aromatic heterocycles. The van der Waals surface area contributed by atoms with Crippen LogP contribution in [0.25, 0.3) is 0 Å². The zero-order valence-electron chi connectivity index (χ0n) is 13.4. The Labute approximate surface area is 133 Å². The molecule has 1 atom stereocenters. The molecule has 5 heteroatoms. The van der Waals surface area contributed by atoms with Crippen molar-refractivity contribution in [2.75, 3.05) is 7.11 Å². The van der Waals surface area contributed by atoms with Crippen LogP contribution in [0.1, 0.15) is 23.7 Å². The molecular weight excluding hydrogens is 296 g/mol. The van der Waals surface area contributed by atoms with E-state index in [1.165, 1.54) is 6.61 Å². The van der Waals surface area contributed by atoms with Crippen molar-refractivity contribution in [3.05, 3.63) is 61.0 Å². The first-order valence-corrected chi connectivity index (χ1v) is 9.72. The molecule has 0 N–H and O–H groups in total. The van der Waals surface area contributed by atoms with Gasteiger partial charge in [-0.15, -0.1) is 13.2 Å². The summed E-state index contributed by atoms with van der Waals surface area (Å²) in [5.41, 5.74) is 4.33. The van der Waals surface area contributed by atoms with Crippen molar-refractivity contribution in [1.29, 1.82) is 0 Å². The summed E-state index contributed by atoms with van der Waals surface area (Å²) in [6.07, 6.45) is 0.546. The van der Waals surface area contributed by atoms with Crippen LogP contribution in [-0.4, -0.2) is 27.3 Å². The van der Waals surface area contributed by atoms with E-state index in [1.54, 1.807) is 19.2 Å². The summed E-state index contributed by atoms with van der Waals surface area (Å²) in [6, 6.07) is 7.25. The van der Waals surface area contributed by atoms with E-state index in [2.05, 4.69) is 19.7 Å². The average molecular weight is 319 g/mol. The fraction of sp³-hybridized carbons (Fsp3) is 0.294. The number of ether oxygens (including phenoxy) is 1. The van der Waals surface area contributed by atoms with E-state index in [4.69, 9.17) is 14.5 Å². The second kappa shape index (κ2) is 8.68. The van der Waals surface area contributed by atoms with Gasteiger partial charge >= 0.3 is 5.97 Å². The predicted molar refractivity (Wildman–Crippen MR) is 90.0 cm³/mol. The van der Waals surface area contributed by atoms with Crippen molar-refractivity contribution in [1.82, 2.24) is 0 Å². The minimum absolute atomic E-state index is 0.0124. The van der Waals surface area contributed by atoms with E-state index < -0.39 is 14.0 Å². The molecule has 0 aliphatic heterocycles. The van der Waals surface area contributed by atoms with Crippen LogP contribution in [0, 0.1) is 6.61 Å². The highest BCUT2D eigenvalue weighted by atomic mass is 28.3. The van der Waals surface area contributed by atoms with Gasteiger partial charge in [0.2, 0.25) is 0 Å². The summed E-state index contributed by atoms with van der Waals surface area (Å²) in [6.45, 7) is 13.2. The quantitative estimate of drug-likeness (QED) is 0.304. The van der Waals surface area contributed by atoms with Crippen LogP contribution < -0.4 is 5.19 Å². The molecule has 22 heavy (non-hydrogen) atoms. The molecule has 1 rings (SSSR count). The topological polar surface area (TPSA) is 44.8 Å². The highest BCUT2D eigenvalue weighted by molar-refractivity contribution is 6.98. The lowest BCUT2D eigenvalue weighted by Gasteiger charge is -2.19. The number of hydrogen-bond acceptors (Lipinski definition) is 4. The number of rotatable bonds is 9. The van der Waals surface area contributed by atoms with Gasteiger partial charge in [-0.1, -0.05) is 35.3 Å². The van der Waals surface area contributed by atoms with E-state index in [-0.39, 0.29) is 6.10 Å². The summed E-state index contributed by atoms with van der Waals surface area (Å²) in [7, 11) is -0.248. The lowest BCUT2D eigenvalue weighted by molar-refractivity contribution is -0.215. The van der Waals surface area contributed by atoms with Crippen LogP contribution in [0.5, 0.6) is 0 Å². The van der Waals surface area contributed by atoms with Gasteiger partial charge in [0.05, 0.1) is 11.7 Å². The third-order valence-corrected chi connectivity index (χ3v) is 6.89. The Morgan fingerprint density at radius 1 is 1.27 bits per heavy atom. The van der Waals surface area contributed by atoms with Gasteiger partial charge in [-0.25, -0.2) is 4.79 Å². The highest BCUT2D eigenvalue weighted by Gasteiger charge is 2.22. The van der Waals surface area contributed by atoms with Gasteiger partial charge in [-0.05, 0) is 19.1 Å². The first-order valence-electron chi connectivity index (χ1n) is 7.06. The molecule has 1 unspecified atom stereocenters. The largest absolute Gasteiger partial charge is 0.382 e. The summed E-state index contributed by atoms with van der Waals surface area (Å²) in [5.74, 6) is -0.534. The zero-order chi connectivity index (χ0) is 16.6. The van der Waals surface area contributed by atoms with Crippen LogP contribution in [0.4, 0.5) is 0 Å². The Hall–Kier alpha value is -1.69. The predicted octanol–water partition coefficient (Wildman–Crippen LogP) is 3.10. The molecule has 0 fully saturated rings. The standard InChI is InChI=1S/C17H23O4Si/c1-6-22(5,7-2)16-10-8-15(9-11-16)17(18)21-20-13-12-14(3)19-4/h6-11,13-14H,1-2,12H2,3-5H3. The van der Waals surface area contributed by atoms with E-state index in [9.17, 15) is 4.79 Å². The van der Waals surface area contributed by atoms with E-state index >= 15 is 0 Å². The first-order chi connectivity index (χ1) is 10.5. The Morgan fingerprint density at radius 3 is 2.36 bits per heavy atom. The van der Waals surface area contributed by atoms with Gasteiger partial charge in [0.25, 0.3) is 0 Å². The van der Waals surface area contributed by atoms with Crippen molar-refractivity contribution in [3.8, 4) is 0 Å². The fourth-order valence-electron chi connectivity index (χ4n) is 1.68. The smallest absolute Gasteiger partial charge is 0.373 e. The van der Waals surface area contributed by atoms with Crippen molar-refractivity contribution in [2.45, 2.75) is 26.0 Å². The number of benzene rings is 1. The minimum Gasteiger partial charge on any atom is -0.382 e. The van der Waals surface area contributed by atoms with Gasteiger partial charge in [0.1, 0.15) is 14.7 Å². The maximum absolute atomic E-state index is 11.8. The summed E-state index contributed by atoms with van der Waals surface area (Å²) < 4.78 is 5.04. The molecule has 0 saturated carbocycles. The van der Waals surface area contributed by atoms with Crippen LogP contribution >= 0.6 is 0 Å². The maximum Gasteiger partial charge on any atom is 0.373 e. The van der Waals surface area contributed by atoms with Crippen molar-refractivity contribution in [2.24, 2.45) is 0 Å². The molecule has 4 nitrogen and oxygen atoms in total. The summed E-state index contributed by atoms with van der Waals surface area (Å²) >= 11 is 0. The maximum atomic E-state index is 11.8. The number of methoxy groups -OCH3 is 1. The Kier molecular flexibility index (Phi) is 7.24. The molecular formula is C17H23O4Si. The number of carbonyl (C=O) groups excluding carboxylic acids is 1. The third-order valence-electron chi connectivity index (χ3n) is 3.61. The molecule has 1 radical (unpaired) electrons. The molecule has 0 amide bonds. The van der Waals surface area contributed by atoms with Gasteiger partial charge in [0, 0.05) is 13.5 Å². The van der Waals surface area contributed by atoms with Gasteiger partial charge < -0.3 is 4.74 Å². The van der Waals surface area contributed by atoms with Crippen LogP contribution in [-0.2, 0) is 14.5 Å². The lowest BCUT2D eigenvalue weighted by Crippen LogP contribution is -2.40. The molecule has 0 aliphatic carbocycles. The molecule has 0 aliphatic rings. The average Bonchev–Trinajstić information content (AvgIpc) is 2.57. The third kappa shape index (κ3) is 4.94. The molecule has 0 bridgehead atoms. The van der Waals surface area contributed by atoms with E-state index in [0.29, 0.717) is 12.0 Å². The van der Waals surface area contributed by atoms with E-state index in [0.717, 1.165) is 5.19 Å². The SMILES string of the molecule is C=C[Si](C)(C=C)c1ccc(C(=O)OO[CH]CC(C)OC)cc1. The number of carbonyl (C=O) groups is 1. The monoisotopic (exact) mass is 319 g/mol. The minimum atomic E-state index is -1.85.